The molecule has 0 spiro atoms. The summed E-state index contributed by atoms with van der Waals surface area (Å²) in [5, 5.41) is 3.02. The third-order valence-electron chi connectivity index (χ3n) is 1.98. The van der Waals surface area contributed by atoms with Gasteiger partial charge in [-0.1, -0.05) is 31.2 Å². The second-order valence-corrected chi connectivity index (χ2v) is 3.02. The fourth-order valence-corrected chi connectivity index (χ4v) is 1.22. The molecule has 0 saturated carbocycles. The summed E-state index contributed by atoms with van der Waals surface area (Å²) in [6.07, 6.45) is 0. The summed E-state index contributed by atoms with van der Waals surface area (Å²) in [6.45, 7) is 5.21. The van der Waals surface area contributed by atoms with Crippen LogP contribution in [0.1, 0.15) is 22.8 Å². The number of benzene rings is 1. The van der Waals surface area contributed by atoms with Crippen molar-refractivity contribution >= 4 is 5.78 Å². The monoisotopic (exact) mass is 177 g/mol. The van der Waals surface area contributed by atoms with Gasteiger partial charge < -0.3 is 5.32 Å². The number of Topliss-reactive ketones (excluding diaryl/α,β-unsaturated/α-hetero) is 1. The molecule has 0 amide bonds. The van der Waals surface area contributed by atoms with Crippen molar-refractivity contribution in [3.05, 3.63) is 35.4 Å². The second-order valence-electron chi connectivity index (χ2n) is 3.02. The van der Waals surface area contributed by atoms with Gasteiger partial charge >= 0.3 is 0 Å². The minimum atomic E-state index is 0.167. The zero-order valence-corrected chi connectivity index (χ0v) is 8.13. The van der Waals surface area contributed by atoms with E-state index in [0.717, 1.165) is 17.7 Å². The molecular weight excluding hydrogens is 162 g/mol. The Morgan fingerprint density at radius 1 is 1.38 bits per heavy atom. The summed E-state index contributed by atoms with van der Waals surface area (Å²) in [5.41, 5.74) is 1.87. The van der Waals surface area contributed by atoms with Crippen molar-refractivity contribution in [2.24, 2.45) is 0 Å². The molecule has 0 bridgehead atoms. The molecule has 1 rings (SSSR count). The fourth-order valence-electron chi connectivity index (χ4n) is 1.22. The minimum Gasteiger partial charge on any atom is -0.310 e. The quantitative estimate of drug-likeness (QED) is 0.710. The van der Waals surface area contributed by atoms with Crippen LogP contribution in [0.15, 0.2) is 24.3 Å². The number of ketones is 1. The van der Waals surface area contributed by atoms with Gasteiger partial charge in [0.1, 0.15) is 0 Å². The van der Waals surface area contributed by atoms with Crippen molar-refractivity contribution < 1.29 is 4.79 Å². The van der Waals surface area contributed by atoms with Crippen LogP contribution in [0.3, 0.4) is 0 Å². The minimum absolute atomic E-state index is 0.167. The molecule has 2 heteroatoms. The van der Waals surface area contributed by atoms with E-state index in [1.165, 1.54) is 0 Å². The van der Waals surface area contributed by atoms with E-state index in [9.17, 15) is 4.79 Å². The van der Waals surface area contributed by atoms with Gasteiger partial charge in [-0.3, -0.25) is 4.79 Å². The van der Waals surface area contributed by atoms with E-state index < -0.39 is 0 Å². The first-order valence-corrected chi connectivity index (χ1v) is 4.55. The SMILES string of the molecule is CCNCC(=O)c1ccccc1C. The van der Waals surface area contributed by atoms with E-state index in [-0.39, 0.29) is 5.78 Å². The summed E-state index contributed by atoms with van der Waals surface area (Å²) in [6, 6.07) is 7.67. The molecule has 0 aliphatic carbocycles. The second kappa shape index (κ2) is 4.77. The van der Waals surface area contributed by atoms with Gasteiger partial charge in [0.2, 0.25) is 0 Å². The molecule has 0 saturated heterocycles. The Labute approximate surface area is 79.0 Å². The Balaban J connectivity index is 2.71. The molecule has 0 aliphatic heterocycles. The average Bonchev–Trinajstić information content (AvgIpc) is 2.15. The Kier molecular flexibility index (Phi) is 3.65. The van der Waals surface area contributed by atoms with Crippen LogP contribution < -0.4 is 5.32 Å². The number of rotatable bonds is 4. The van der Waals surface area contributed by atoms with Gasteiger partial charge in [-0.25, -0.2) is 0 Å². The lowest BCUT2D eigenvalue weighted by Gasteiger charge is -2.04. The third kappa shape index (κ3) is 2.67. The van der Waals surface area contributed by atoms with Gasteiger partial charge in [0.05, 0.1) is 6.54 Å². The molecule has 0 heterocycles. The largest absolute Gasteiger partial charge is 0.310 e. The molecule has 70 valence electrons. The Bertz CT molecular complexity index is 294. The summed E-state index contributed by atoms with van der Waals surface area (Å²) in [5.74, 6) is 0.167. The topological polar surface area (TPSA) is 29.1 Å². The highest BCUT2D eigenvalue weighted by Gasteiger charge is 2.06. The van der Waals surface area contributed by atoms with E-state index in [1.54, 1.807) is 0 Å². The zero-order chi connectivity index (χ0) is 9.68. The number of carbonyl (C=O) groups is 1. The van der Waals surface area contributed by atoms with Crippen molar-refractivity contribution in [3.63, 3.8) is 0 Å². The van der Waals surface area contributed by atoms with E-state index >= 15 is 0 Å². The van der Waals surface area contributed by atoms with E-state index in [0.29, 0.717) is 6.54 Å². The summed E-state index contributed by atoms with van der Waals surface area (Å²) in [4.78, 5) is 11.6. The van der Waals surface area contributed by atoms with Gasteiger partial charge in [0.25, 0.3) is 0 Å². The van der Waals surface area contributed by atoms with Crippen molar-refractivity contribution in [2.45, 2.75) is 13.8 Å². The lowest BCUT2D eigenvalue weighted by atomic mass is 10.1. The Morgan fingerprint density at radius 3 is 2.69 bits per heavy atom. The maximum atomic E-state index is 11.6. The predicted octanol–water partition coefficient (Wildman–Crippen LogP) is 1.79. The molecule has 1 aromatic rings. The molecule has 0 fully saturated rings. The maximum absolute atomic E-state index is 11.6. The van der Waals surface area contributed by atoms with Crippen LogP contribution in [0.4, 0.5) is 0 Å². The van der Waals surface area contributed by atoms with Crippen LogP contribution in [0, 0.1) is 6.92 Å². The first-order valence-electron chi connectivity index (χ1n) is 4.55. The van der Waals surface area contributed by atoms with Crippen LogP contribution in [0.2, 0.25) is 0 Å². The molecule has 2 nitrogen and oxygen atoms in total. The van der Waals surface area contributed by atoms with Gasteiger partial charge in [0.15, 0.2) is 5.78 Å². The van der Waals surface area contributed by atoms with Crippen molar-refractivity contribution in [1.29, 1.82) is 0 Å². The lowest BCUT2D eigenvalue weighted by molar-refractivity contribution is 0.0991. The normalized spacial score (nSPS) is 10.0. The number of hydrogen-bond acceptors (Lipinski definition) is 2. The number of hydrogen-bond donors (Lipinski definition) is 1. The van der Waals surface area contributed by atoms with Crippen LogP contribution in [-0.2, 0) is 0 Å². The Morgan fingerprint density at radius 2 is 2.08 bits per heavy atom. The van der Waals surface area contributed by atoms with Gasteiger partial charge in [0, 0.05) is 5.56 Å². The van der Waals surface area contributed by atoms with E-state index in [2.05, 4.69) is 5.32 Å². The van der Waals surface area contributed by atoms with Crippen molar-refractivity contribution in [1.82, 2.24) is 5.32 Å². The third-order valence-corrected chi connectivity index (χ3v) is 1.98. The molecule has 1 N–H and O–H groups in total. The smallest absolute Gasteiger partial charge is 0.176 e. The summed E-state index contributed by atoms with van der Waals surface area (Å²) < 4.78 is 0. The van der Waals surface area contributed by atoms with Gasteiger partial charge in [-0.15, -0.1) is 0 Å². The fraction of sp³-hybridized carbons (Fsp3) is 0.364. The highest BCUT2D eigenvalue weighted by Crippen LogP contribution is 2.06. The molecule has 0 radical (unpaired) electrons. The highest BCUT2D eigenvalue weighted by atomic mass is 16.1. The molecule has 0 aliphatic rings. The molecule has 0 aromatic heterocycles. The maximum Gasteiger partial charge on any atom is 0.176 e. The highest BCUT2D eigenvalue weighted by molar-refractivity contribution is 5.98. The van der Waals surface area contributed by atoms with Crippen LogP contribution >= 0.6 is 0 Å². The van der Waals surface area contributed by atoms with Crippen molar-refractivity contribution in [2.75, 3.05) is 13.1 Å². The van der Waals surface area contributed by atoms with Crippen LogP contribution in [0.5, 0.6) is 0 Å². The van der Waals surface area contributed by atoms with E-state index in [1.807, 2.05) is 38.1 Å². The molecule has 1 aromatic carbocycles. The molecule has 0 unspecified atom stereocenters. The molecular formula is C11H15NO. The van der Waals surface area contributed by atoms with Crippen molar-refractivity contribution in [3.8, 4) is 0 Å². The predicted molar refractivity (Wildman–Crippen MR) is 54.1 cm³/mol. The van der Waals surface area contributed by atoms with Crippen LogP contribution in [-0.4, -0.2) is 18.9 Å². The first kappa shape index (κ1) is 9.93. The number of nitrogens with one attached hydrogen (secondary N) is 1. The first-order chi connectivity index (χ1) is 6.25. The average molecular weight is 177 g/mol. The summed E-state index contributed by atoms with van der Waals surface area (Å²) >= 11 is 0. The van der Waals surface area contributed by atoms with E-state index in [4.69, 9.17) is 0 Å². The number of carbonyl (C=O) groups excluding carboxylic acids is 1. The number of likely N-dealkylation sites (N-methyl/N-ethyl adjacent to an activating group) is 1. The van der Waals surface area contributed by atoms with Gasteiger partial charge in [-0.05, 0) is 19.0 Å². The summed E-state index contributed by atoms with van der Waals surface area (Å²) in [7, 11) is 0. The zero-order valence-electron chi connectivity index (χ0n) is 8.13. The molecule has 0 atom stereocenters. The van der Waals surface area contributed by atoms with Gasteiger partial charge in [-0.2, -0.15) is 0 Å². The molecule has 13 heavy (non-hydrogen) atoms. The number of aryl methyl sites for hydroxylation is 1. The Hall–Kier alpha value is -1.15. The van der Waals surface area contributed by atoms with Crippen LogP contribution in [0.25, 0.3) is 0 Å². The standard InChI is InChI=1S/C11H15NO/c1-3-12-8-11(13)10-7-5-4-6-9(10)2/h4-7,12H,3,8H2,1-2H3. The lowest BCUT2D eigenvalue weighted by Crippen LogP contribution is -2.22.